The second kappa shape index (κ2) is 7.94. The van der Waals surface area contributed by atoms with Gasteiger partial charge in [0, 0.05) is 36.3 Å². The van der Waals surface area contributed by atoms with Crippen LogP contribution in [-0.2, 0) is 26.0 Å². The highest BCUT2D eigenvalue weighted by atomic mass is 32.2. The summed E-state index contributed by atoms with van der Waals surface area (Å²) in [5.74, 6) is 0.492. The number of aromatic nitrogens is 3. The molecule has 1 amide bonds. The van der Waals surface area contributed by atoms with E-state index < -0.39 is 15.4 Å². The SMILES string of the molecule is CCn1ncc2c(NC3CCS(=O)(=O)CC3)c(C3=CC4(CC(C(=O)NC5CC5)C4)ON3)cnc21. The maximum atomic E-state index is 12.4. The third kappa shape index (κ3) is 3.94. The number of hydrogen-bond donors (Lipinski definition) is 3. The molecule has 0 bridgehead atoms. The average molecular weight is 487 g/mol. The minimum Gasteiger partial charge on any atom is -0.381 e. The first-order chi connectivity index (χ1) is 16.3. The maximum Gasteiger partial charge on any atom is 0.223 e. The first-order valence-electron chi connectivity index (χ1n) is 12.1. The predicted molar refractivity (Wildman–Crippen MR) is 127 cm³/mol. The summed E-state index contributed by atoms with van der Waals surface area (Å²) in [5, 5.41) is 12.1. The van der Waals surface area contributed by atoms with Gasteiger partial charge in [-0.1, -0.05) is 0 Å². The lowest BCUT2D eigenvalue weighted by Crippen LogP contribution is -2.50. The van der Waals surface area contributed by atoms with Gasteiger partial charge in [0.15, 0.2) is 5.65 Å². The van der Waals surface area contributed by atoms with E-state index in [1.807, 2.05) is 24.0 Å². The lowest BCUT2D eigenvalue weighted by atomic mass is 9.70. The zero-order chi connectivity index (χ0) is 23.5. The molecule has 0 unspecified atom stereocenters. The summed E-state index contributed by atoms with van der Waals surface area (Å²) in [6, 6.07) is 0.414. The average Bonchev–Trinajstić information content (AvgIpc) is 3.32. The van der Waals surface area contributed by atoms with Crippen LogP contribution in [0, 0.1) is 5.92 Å². The van der Waals surface area contributed by atoms with E-state index in [-0.39, 0.29) is 29.4 Å². The molecule has 3 fully saturated rings. The van der Waals surface area contributed by atoms with Crippen molar-refractivity contribution >= 4 is 38.2 Å². The minimum absolute atomic E-state index is 0.0248. The number of nitrogens with zero attached hydrogens (tertiary/aromatic N) is 3. The molecule has 2 aromatic heterocycles. The fourth-order valence-electron chi connectivity index (χ4n) is 5.18. The molecule has 4 heterocycles. The molecule has 6 rings (SSSR count). The van der Waals surface area contributed by atoms with E-state index in [9.17, 15) is 13.2 Å². The zero-order valence-electron chi connectivity index (χ0n) is 19.2. The molecule has 4 aliphatic rings. The van der Waals surface area contributed by atoms with Crippen molar-refractivity contribution in [1.29, 1.82) is 0 Å². The molecular weight excluding hydrogens is 456 g/mol. The second-order valence-corrected chi connectivity index (χ2v) is 12.3. The van der Waals surface area contributed by atoms with Gasteiger partial charge in [-0.3, -0.25) is 15.1 Å². The number of nitrogens with one attached hydrogen (secondary N) is 3. The quantitative estimate of drug-likeness (QED) is 0.564. The topological polar surface area (TPSA) is 127 Å². The number of carbonyl (C=O) groups is 1. The third-order valence-corrected chi connectivity index (χ3v) is 9.12. The van der Waals surface area contributed by atoms with Gasteiger partial charge < -0.3 is 10.6 Å². The van der Waals surface area contributed by atoms with Gasteiger partial charge in [-0.05, 0) is 51.5 Å². The summed E-state index contributed by atoms with van der Waals surface area (Å²) in [4.78, 5) is 23.0. The normalized spacial score (nSPS) is 24.0. The molecule has 182 valence electrons. The minimum atomic E-state index is -2.95. The number of amides is 1. The van der Waals surface area contributed by atoms with Crippen LogP contribution >= 0.6 is 0 Å². The molecule has 2 aromatic rings. The molecule has 1 spiro atoms. The Morgan fingerprint density at radius 2 is 1.97 bits per heavy atom. The van der Waals surface area contributed by atoms with E-state index in [4.69, 9.17) is 4.84 Å². The summed E-state index contributed by atoms with van der Waals surface area (Å²) in [6.07, 6.45) is 10.3. The Balaban J connectivity index is 1.27. The van der Waals surface area contributed by atoms with E-state index in [1.165, 1.54) is 0 Å². The number of rotatable bonds is 6. The number of carbonyl (C=O) groups excluding carboxylic acids is 1. The van der Waals surface area contributed by atoms with Crippen molar-refractivity contribution in [3.8, 4) is 0 Å². The van der Waals surface area contributed by atoms with Crippen LogP contribution in [0.4, 0.5) is 5.69 Å². The zero-order valence-corrected chi connectivity index (χ0v) is 20.0. The molecule has 2 aliphatic carbocycles. The van der Waals surface area contributed by atoms with Gasteiger partial charge in [-0.15, -0.1) is 0 Å². The Bertz CT molecular complexity index is 1260. The number of aryl methyl sites for hydroxylation is 1. The highest BCUT2D eigenvalue weighted by molar-refractivity contribution is 7.91. The fourth-order valence-corrected chi connectivity index (χ4v) is 6.67. The third-order valence-electron chi connectivity index (χ3n) is 7.41. The van der Waals surface area contributed by atoms with Gasteiger partial charge in [0.25, 0.3) is 0 Å². The molecular formula is C23H30N6O4S. The van der Waals surface area contributed by atoms with Crippen molar-refractivity contribution in [3.05, 3.63) is 24.0 Å². The fraction of sp³-hybridized carbons (Fsp3) is 0.609. The lowest BCUT2D eigenvalue weighted by Gasteiger charge is -2.40. The molecule has 11 heteroatoms. The van der Waals surface area contributed by atoms with Gasteiger partial charge in [0.05, 0.1) is 34.5 Å². The monoisotopic (exact) mass is 486 g/mol. The summed E-state index contributed by atoms with van der Waals surface area (Å²) >= 11 is 0. The van der Waals surface area contributed by atoms with E-state index >= 15 is 0 Å². The van der Waals surface area contributed by atoms with Crippen molar-refractivity contribution < 1.29 is 18.0 Å². The molecule has 0 atom stereocenters. The Labute approximate surface area is 198 Å². The Morgan fingerprint density at radius 3 is 2.68 bits per heavy atom. The highest BCUT2D eigenvalue weighted by Gasteiger charge is 2.51. The number of fused-ring (bicyclic) bond motifs is 1. The van der Waals surface area contributed by atoms with Crippen LogP contribution in [0.25, 0.3) is 16.7 Å². The smallest absolute Gasteiger partial charge is 0.223 e. The molecule has 3 N–H and O–H groups in total. The van der Waals surface area contributed by atoms with Crippen LogP contribution < -0.4 is 16.1 Å². The number of anilines is 1. The highest BCUT2D eigenvalue weighted by Crippen LogP contribution is 2.47. The summed E-state index contributed by atoms with van der Waals surface area (Å²) < 4.78 is 25.7. The number of sulfone groups is 1. The predicted octanol–water partition coefficient (Wildman–Crippen LogP) is 1.74. The Hall–Kier alpha value is -2.66. The standard InChI is InChI=1S/C23H30N6O4S/c1-2-29-21-18(13-25-29)20(26-16-5-7-34(31,32)8-6-16)17(12-24-21)19-11-23(33-28-19)9-14(10-23)22(30)27-15-3-4-15/h11-16,28H,2-10H2,1H3,(H,24,26)(H,27,30). The van der Waals surface area contributed by atoms with Gasteiger partial charge in [-0.25, -0.2) is 18.1 Å². The van der Waals surface area contributed by atoms with Crippen molar-refractivity contribution in [2.24, 2.45) is 5.92 Å². The molecule has 0 aromatic carbocycles. The first-order valence-corrected chi connectivity index (χ1v) is 14.0. The van der Waals surface area contributed by atoms with Gasteiger partial charge in [-0.2, -0.15) is 5.10 Å². The Kier molecular flexibility index (Phi) is 5.10. The van der Waals surface area contributed by atoms with E-state index in [2.05, 4.69) is 32.3 Å². The number of pyridine rings is 1. The van der Waals surface area contributed by atoms with Gasteiger partial charge >= 0.3 is 0 Å². The first kappa shape index (κ1) is 21.8. The van der Waals surface area contributed by atoms with E-state index in [0.29, 0.717) is 38.3 Å². The van der Waals surface area contributed by atoms with Gasteiger partial charge in [0.2, 0.25) is 5.91 Å². The number of hydrogen-bond acceptors (Lipinski definition) is 8. The lowest BCUT2D eigenvalue weighted by molar-refractivity contribution is -0.147. The second-order valence-electron chi connectivity index (χ2n) is 10.0. The summed E-state index contributed by atoms with van der Waals surface area (Å²) in [6.45, 7) is 2.72. The van der Waals surface area contributed by atoms with Crippen LogP contribution in [0.15, 0.2) is 18.5 Å². The molecule has 2 saturated carbocycles. The van der Waals surface area contributed by atoms with Crippen molar-refractivity contribution in [1.82, 2.24) is 25.6 Å². The summed E-state index contributed by atoms with van der Waals surface area (Å²) in [5.41, 5.74) is 5.93. The van der Waals surface area contributed by atoms with Gasteiger partial charge in [0.1, 0.15) is 15.4 Å². The molecule has 2 aliphatic heterocycles. The maximum absolute atomic E-state index is 12.4. The largest absolute Gasteiger partial charge is 0.381 e. The molecule has 0 radical (unpaired) electrons. The van der Waals surface area contributed by atoms with Crippen molar-refractivity contribution in [2.45, 2.75) is 69.7 Å². The van der Waals surface area contributed by atoms with Crippen LogP contribution in [0.3, 0.4) is 0 Å². The number of hydroxylamine groups is 1. The Morgan fingerprint density at radius 1 is 1.21 bits per heavy atom. The summed E-state index contributed by atoms with van der Waals surface area (Å²) in [7, 11) is -2.95. The molecule has 34 heavy (non-hydrogen) atoms. The van der Waals surface area contributed by atoms with Crippen LogP contribution in [0.2, 0.25) is 0 Å². The molecule has 10 nitrogen and oxygen atoms in total. The van der Waals surface area contributed by atoms with Crippen molar-refractivity contribution in [2.75, 3.05) is 16.8 Å². The van der Waals surface area contributed by atoms with Crippen LogP contribution in [0.1, 0.15) is 51.0 Å². The van der Waals surface area contributed by atoms with E-state index in [0.717, 1.165) is 40.8 Å². The van der Waals surface area contributed by atoms with Crippen LogP contribution in [-0.4, -0.2) is 58.3 Å². The van der Waals surface area contributed by atoms with E-state index in [1.54, 1.807) is 0 Å². The van der Waals surface area contributed by atoms with Crippen LogP contribution in [0.5, 0.6) is 0 Å². The molecule has 1 saturated heterocycles. The van der Waals surface area contributed by atoms with Crippen molar-refractivity contribution in [3.63, 3.8) is 0 Å².